The Kier molecular flexibility index (Phi) is 5.51. The van der Waals surface area contributed by atoms with Crippen molar-refractivity contribution < 1.29 is 9.90 Å². The summed E-state index contributed by atoms with van der Waals surface area (Å²) in [6.07, 6.45) is 1.59. The van der Waals surface area contributed by atoms with Gasteiger partial charge in [0.1, 0.15) is 4.88 Å². The second kappa shape index (κ2) is 7.15. The molecule has 20 heavy (non-hydrogen) atoms. The van der Waals surface area contributed by atoms with Crippen LogP contribution in [-0.4, -0.2) is 53.7 Å². The number of aromatic carboxylic acids is 1. The highest BCUT2D eigenvalue weighted by atomic mass is 32.1. The lowest BCUT2D eigenvalue weighted by Crippen LogP contribution is -2.44. The quantitative estimate of drug-likeness (QED) is 0.833. The fourth-order valence-corrected chi connectivity index (χ4v) is 3.31. The van der Waals surface area contributed by atoms with Gasteiger partial charge in [0.25, 0.3) is 0 Å². The van der Waals surface area contributed by atoms with Crippen molar-refractivity contribution in [3.05, 3.63) is 15.6 Å². The van der Waals surface area contributed by atoms with Gasteiger partial charge in [-0.1, -0.05) is 13.8 Å². The number of aromatic nitrogens is 1. The Morgan fingerprint density at radius 2 is 2.15 bits per heavy atom. The van der Waals surface area contributed by atoms with Crippen LogP contribution >= 0.6 is 11.3 Å². The number of carbonyl (C=O) groups is 1. The summed E-state index contributed by atoms with van der Waals surface area (Å²) in [4.78, 5) is 18.7. The van der Waals surface area contributed by atoms with Gasteiger partial charge in [0, 0.05) is 39.1 Å². The minimum atomic E-state index is -0.841. The summed E-state index contributed by atoms with van der Waals surface area (Å²) in [6.45, 7) is 9.35. The van der Waals surface area contributed by atoms with E-state index in [0.717, 1.165) is 56.3 Å². The van der Waals surface area contributed by atoms with Crippen LogP contribution in [0.15, 0.2) is 0 Å². The lowest BCUT2D eigenvalue weighted by atomic mass is 10.1. The van der Waals surface area contributed by atoms with Gasteiger partial charge in [-0.2, -0.15) is 0 Å². The second-order valence-corrected chi connectivity index (χ2v) is 6.71. The van der Waals surface area contributed by atoms with Crippen molar-refractivity contribution in [2.24, 2.45) is 5.92 Å². The summed E-state index contributed by atoms with van der Waals surface area (Å²) < 4.78 is 0. The molecular formula is C14H23N3O2S. The SMILES string of the molecule is CC(C)Cc1nc(CCN2CCNCC2)sc1C(=O)O. The zero-order valence-corrected chi connectivity index (χ0v) is 13.0. The molecule has 112 valence electrons. The molecule has 1 aliphatic rings. The first-order valence-corrected chi connectivity index (χ1v) is 8.03. The van der Waals surface area contributed by atoms with Gasteiger partial charge < -0.3 is 15.3 Å². The molecule has 1 aromatic rings. The molecule has 0 amide bonds. The van der Waals surface area contributed by atoms with E-state index in [-0.39, 0.29) is 0 Å². The molecule has 0 aliphatic carbocycles. The molecule has 1 aromatic heterocycles. The van der Waals surface area contributed by atoms with Crippen LogP contribution < -0.4 is 5.32 Å². The summed E-state index contributed by atoms with van der Waals surface area (Å²) in [5.74, 6) is -0.414. The van der Waals surface area contributed by atoms with E-state index in [1.165, 1.54) is 11.3 Å². The van der Waals surface area contributed by atoms with Crippen molar-refractivity contribution in [3.8, 4) is 0 Å². The van der Waals surface area contributed by atoms with Crippen LogP contribution in [0.1, 0.15) is 34.2 Å². The zero-order valence-electron chi connectivity index (χ0n) is 12.2. The van der Waals surface area contributed by atoms with Gasteiger partial charge in [-0.3, -0.25) is 0 Å². The molecule has 0 aromatic carbocycles. The number of carboxylic acids is 1. The van der Waals surface area contributed by atoms with Gasteiger partial charge >= 0.3 is 5.97 Å². The monoisotopic (exact) mass is 297 g/mol. The van der Waals surface area contributed by atoms with Crippen LogP contribution in [0.25, 0.3) is 0 Å². The van der Waals surface area contributed by atoms with Gasteiger partial charge in [-0.25, -0.2) is 9.78 Å². The molecule has 0 radical (unpaired) electrons. The number of nitrogens with one attached hydrogen (secondary N) is 1. The first-order chi connectivity index (χ1) is 9.56. The minimum absolute atomic E-state index is 0.425. The molecule has 2 rings (SSSR count). The third kappa shape index (κ3) is 4.26. The average molecular weight is 297 g/mol. The fraction of sp³-hybridized carbons (Fsp3) is 0.714. The summed E-state index contributed by atoms with van der Waals surface area (Å²) in [5, 5.41) is 13.5. The Hall–Kier alpha value is -0.980. The van der Waals surface area contributed by atoms with Crippen molar-refractivity contribution >= 4 is 17.3 Å². The highest BCUT2D eigenvalue weighted by Crippen LogP contribution is 2.22. The minimum Gasteiger partial charge on any atom is -0.477 e. The molecule has 5 nitrogen and oxygen atoms in total. The Bertz CT molecular complexity index is 453. The number of nitrogens with zero attached hydrogens (tertiary/aromatic N) is 2. The van der Waals surface area contributed by atoms with E-state index in [0.29, 0.717) is 10.8 Å². The summed E-state index contributed by atoms with van der Waals surface area (Å²) in [7, 11) is 0. The Morgan fingerprint density at radius 1 is 1.45 bits per heavy atom. The van der Waals surface area contributed by atoms with Crippen LogP contribution in [0.2, 0.25) is 0 Å². The lowest BCUT2D eigenvalue weighted by molar-refractivity contribution is 0.0700. The van der Waals surface area contributed by atoms with E-state index < -0.39 is 5.97 Å². The van der Waals surface area contributed by atoms with Crippen LogP contribution in [0, 0.1) is 5.92 Å². The maximum Gasteiger partial charge on any atom is 0.347 e. The molecule has 6 heteroatoms. The summed E-state index contributed by atoms with van der Waals surface area (Å²) in [6, 6.07) is 0. The number of hydrogen-bond acceptors (Lipinski definition) is 5. The van der Waals surface area contributed by atoms with Crippen LogP contribution in [0.5, 0.6) is 0 Å². The topological polar surface area (TPSA) is 65.5 Å². The van der Waals surface area contributed by atoms with Gasteiger partial charge in [-0.05, 0) is 12.3 Å². The number of piperazine rings is 1. The van der Waals surface area contributed by atoms with Gasteiger partial charge in [-0.15, -0.1) is 11.3 Å². The Labute approximate surface area is 124 Å². The second-order valence-electron chi connectivity index (χ2n) is 5.63. The van der Waals surface area contributed by atoms with Crippen molar-refractivity contribution in [3.63, 3.8) is 0 Å². The van der Waals surface area contributed by atoms with Gasteiger partial charge in [0.05, 0.1) is 10.7 Å². The van der Waals surface area contributed by atoms with E-state index in [1.807, 2.05) is 0 Å². The molecule has 0 spiro atoms. The van der Waals surface area contributed by atoms with Crippen molar-refractivity contribution in [2.75, 3.05) is 32.7 Å². The lowest BCUT2D eigenvalue weighted by Gasteiger charge is -2.26. The van der Waals surface area contributed by atoms with Crippen LogP contribution in [0.4, 0.5) is 0 Å². The predicted molar refractivity (Wildman–Crippen MR) is 80.6 cm³/mol. The smallest absolute Gasteiger partial charge is 0.347 e. The zero-order chi connectivity index (χ0) is 14.5. The standard InChI is InChI=1S/C14H23N3O2S/c1-10(2)9-11-13(14(18)19)20-12(16-11)3-6-17-7-4-15-5-8-17/h10,15H,3-9H2,1-2H3,(H,18,19). The number of hydrogen-bond donors (Lipinski definition) is 2. The third-order valence-corrected chi connectivity index (χ3v) is 4.53. The molecule has 1 fully saturated rings. The molecule has 1 aliphatic heterocycles. The Balaban J connectivity index is 1.98. The predicted octanol–water partition coefficient (Wildman–Crippen LogP) is 1.49. The van der Waals surface area contributed by atoms with E-state index in [4.69, 9.17) is 0 Å². The molecule has 0 bridgehead atoms. The molecule has 0 saturated carbocycles. The van der Waals surface area contributed by atoms with E-state index in [2.05, 4.69) is 29.0 Å². The molecule has 2 N–H and O–H groups in total. The van der Waals surface area contributed by atoms with Crippen molar-refractivity contribution in [1.82, 2.24) is 15.2 Å². The van der Waals surface area contributed by atoms with E-state index >= 15 is 0 Å². The third-order valence-electron chi connectivity index (χ3n) is 3.39. The number of thiazole rings is 1. The highest BCUT2D eigenvalue weighted by molar-refractivity contribution is 7.13. The van der Waals surface area contributed by atoms with E-state index in [9.17, 15) is 9.90 Å². The number of rotatable bonds is 6. The maximum atomic E-state index is 11.3. The molecular weight excluding hydrogens is 274 g/mol. The van der Waals surface area contributed by atoms with Crippen molar-refractivity contribution in [2.45, 2.75) is 26.7 Å². The van der Waals surface area contributed by atoms with Gasteiger partial charge in [0.15, 0.2) is 0 Å². The van der Waals surface area contributed by atoms with Crippen LogP contribution in [-0.2, 0) is 12.8 Å². The average Bonchev–Trinajstić information content (AvgIpc) is 2.80. The first-order valence-electron chi connectivity index (χ1n) is 7.21. The van der Waals surface area contributed by atoms with Crippen LogP contribution in [0.3, 0.4) is 0 Å². The summed E-state index contributed by atoms with van der Waals surface area (Å²) >= 11 is 1.35. The fourth-order valence-electron chi connectivity index (χ4n) is 2.39. The summed E-state index contributed by atoms with van der Waals surface area (Å²) in [5.41, 5.74) is 0.757. The largest absolute Gasteiger partial charge is 0.477 e. The van der Waals surface area contributed by atoms with Crippen molar-refractivity contribution in [1.29, 1.82) is 0 Å². The first kappa shape index (κ1) is 15.4. The normalized spacial score (nSPS) is 16.8. The molecule has 0 atom stereocenters. The van der Waals surface area contributed by atoms with Gasteiger partial charge in [0.2, 0.25) is 0 Å². The van der Waals surface area contributed by atoms with E-state index in [1.54, 1.807) is 0 Å². The number of carboxylic acid groups (broad SMARTS) is 1. The molecule has 1 saturated heterocycles. The molecule has 2 heterocycles. The Morgan fingerprint density at radius 3 is 2.75 bits per heavy atom. The molecule has 0 unspecified atom stereocenters. The highest BCUT2D eigenvalue weighted by Gasteiger charge is 2.18. The maximum absolute atomic E-state index is 11.3.